The molecule has 1 aliphatic rings. The molecule has 4 rings (SSSR count). The fraction of sp³-hybridized carbons (Fsp3) is 0.200. The second-order valence-electron chi connectivity index (χ2n) is 7.91. The van der Waals surface area contributed by atoms with Gasteiger partial charge in [-0.05, 0) is 48.4 Å². The minimum atomic E-state index is -0.919. The molecule has 1 aliphatic heterocycles. The number of hydrogen-bond acceptors (Lipinski definition) is 4. The van der Waals surface area contributed by atoms with Crippen molar-refractivity contribution in [3.63, 3.8) is 0 Å². The average molecular weight is 462 g/mol. The molecule has 0 unspecified atom stereocenters. The molecule has 33 heavy (non-hydrogen) atoms. The van der Waals surface area contributed by atoms with Crippen LogP contribution < -0.4 is 10.2 Å². The van der Waals surface area contributed by atoms with Crippen LogP contribution in [0.3, 0.4) is 0 Å². The van der Waals surface area contributed by atoms with Gasteiger partial charge in [-0.2, -0.15) is 0 Å². The van der Waals surface area contributed by atoms with Gasteiger partial charge in [0.25, 0.3) is 0 Å². The molecule has 3 aromatic rings. The number of aliphatic carboxylic acids is 1. The quantitative estimate of drug-likeness (QED) is 0.519. The van der Waals surface area contributed by atoms with Crippen molar-refractivity contribution in [2.75, 3.05) is 0 Å². The van der Waals surface area contributed by atoms with E-state index in [-0.39, 0.29) is 19.0 Å². The molecule has 3 aromatic carbocycles. The summed E-state index contributed by atoms with van der Waals surface area (Å²) < 4.78 is 11.7. The molecule has 2 atom stereocenters. The van der Waals surface area contributed by atoms with Gasteiger partial charge >= 0.3 is 12.1 Å². The van der Waals surface area contributed by atoms with Gasteiger partial charge in [0.05, 0.1) is 19.0 Å². The number of rotatable bonds is 7. The summed E-state index contributed by atoms with van der Waals surface area (Å²) in [5.41, 5.74) is 2.73. The standard InChI is InChI=1S/C25H21BClNO5/c1-15-24(17-5-8-20(27)9-6-17)33-25(31)28(15)14-18-13-19(26)7-10-22(18)32-21-4-2-3-16(11-21)12-23(29)30/h2-11,13,15,24H,12,14H2,1H3,(H,29,30)/t15-,24-/m1/s1. The van der Waals surface area contributed by atoms with Gasteiger partial charge in [-0.1, -0.05) is 53.5 Å². The summed E-state index contributed by atoms with van der Waals surface area (Å²) >= 11 is 5.98. The molecule has 1 fully saturated rings. The second kappa shape index (κ2) is 9.59. The highest BCUT2D eigenvalue weighted by Crippen LogP contribution is 2.35. The Balaban J connectivity index is 1.56. The van der Waals surface area contributed by atoms with Crippen LogP contribution >= 0.6 is 11.6 Å². The number of carboxylic acid groups (broad SMARTS) is 1. The summed E-state index contributed by atoms with van der Waals surface area (Å²) in [5.74, 6) is 0.0968. The van der Waals surface area contributed by atoms with Gasteiger partial charge in [-0.15, -0.1) is 0 Å². The number of halogens is 1. The highest BCUT2D eigenvalue weighted by atomic mass is 35.5. The van der Waals surface area contributed by atoms with E-state index in [1.807, 2.05) is 19.1 Å². The maximum atomic E-state index is 12.7. The molecule has 0 bridgehead atoms. The van der Waals surface area contributed by atoms with Crippen molar-refractivity contribution in [2.45, 2.75) is 32.0 Å². The summed E-state index contributed by atoms with van der Waals surface area (Å²) in [6, 6.07) is 19.1. The number of carbonyl (C=O) groups is 2. The first-order chi connectivity index (χ1) is 15.8. The number of amides is 1. The van der Waals surface area contributed by atoms with Crippen LogP contribution in [0.25, 0.3) is 0 Å². The third-order valence-electron chi connectivity index (χ3n) is 5.50. The van der Waals surface area contributed by atoms with Crippen molar-refractivity contribution >= 4 is 37.0 Å². The van der Waals surface area contributed by atoms with Crippen molar-refractivity contribution in [1.29, 1.82) is 0 Å². The van der Waals surface area contributed by atoms with Crippen LogP contribution in [0.15, 0.2) is 66.7 Å². The largest absolute Gasteiger partial charge is 0.481 e. The first kappa shape index (κ1) is 22.7. The Bertz CT molecular complexity index is 1180. The molecule has 1 amide bonds. The van der Waals surface area contributed by atoms with E-state index in [2.05, 4.69) is 0 Å². The van der Waals surface area contributed by atoms with Crippen LogP contribution in [0.5, 0.6) is 11.5 Å². The van der Waals surface area contributed by atoms with Crippen LogP contribution in [-0.4, -0.2) is 36.0 Å². The number of carboxylic acids is 1. The minimum absolute atomic E-state index is 0.102. The zero-order valence-corrected chi connectivity index (χ0v) is 18.7. The van der Waals surface area contributed by atoms with E-state index in [0.29, 0.717) is 33.1 Å². The Morgan fingerprint density at radius 1 is 1.15 bits per heavy atom. The van der Waals surface area contributed by atoms with E-state index in [9.17, 15) is 9.59 Å². The van der Waals surface area contributed by atoms with Crippen molar-refractivity contribution in [1.82, 2.24) is 4.90 Å². The summed E-state index contributed by atoms with van der Waals surface area (Å²) in [4.78, 5) is 25.3. The summed E-state index contributed by atoms with van der Waals surface area (Å²) in [6.45, 7) is 2.16. The molecule has 1 saturated heterocycles. The monoisotopic (exact) mass is 461 g/mol. The lowest BCUT2D eigenvalue weighted by molar-refractivity contribution is -0.136. The zero-order valence-electron chi connectivity index (χ0n) is 17.9. The lowest BCUT2D eigenvalue weighted by atomic mass is 9.93. The Kier molecular flexibility index (Phi) is 6.61. The Morgan fingerprint density at radius 3 is 2.64 bits per heavy atom. The molecule has 6 nitrogen and oxygen atoms in total. The van der Waals surface area contributed by atoms with E-state index >= 15 is 0 Å². The lowest BCUT2D eigenvalue weighted by Gasteiger charge is -2.22. The van der Waals surface area contributed by atoms with Gasteiger partial charge < -0.3 is 14.6 Å². The molecular weight excluding hydrogens is 441 g/mol. The van der Waals surface area contributed by atoms with Crippen molar-refractivity contribution in [3.05, 3.63) is 88.4 Å². The Morgan fingerprint density at radius 2 is 1.91 bits per heavy atom. The molecule has 8 heteroatoms. The molecule has 2 radical (unpaired) electrons. The number of hydrogen-bond donors (Lipinski definition) is 1. The first-order valence-electron chi connectivity index (χ1n) is 10.4. The SMILES string of the molecule is [B]c1ccc(Oc2cccc(CC(=O)O)c2)c(CN2C(=O)O[C@@H](c3ccc(Cl)cc3)[C@H]2C)c1. The molecule has 1 heterocycles. The topological polar surface area (TPSA) is 76.1 Å². The molecule has 0 saturated carbocycles. The van der Waals surface area contributed by atoms with Gasteiger partial charge in [-0.3, -0.25) is 9.69 Å². The maximum Gasteiger partial charge on any atom is 0.411 e. The van der Waals surface area contributed by atoms with Crippen molar-refractivity contribution in [3.8, 4) is 11.5 Å². The lowest BCUT2D eigenvalue weighted by Crippen LogP contribution is -2.31. The van der Waals surface area contributed by atoms with E-state index in [0.717, 1.165) is 5.56 Å². The molecule has 0 aromatic heterocycles. The molecular formula is C25H21BClNO5. The number of ether oxygens (including phenoxy) is 2. The van der Waals surface area contributed by atoms with Crippen molar-refractivity contribution < 1.29 is 24.2 Å². The fourth-order valence-corrected chi connectivity index (χ4v) is 3.96. The van der Waals surface area contributed by atoms with Crippen molar-refractivity contribution in [2.24, 2.45) is 0 Å². The maximum absolute atomic E-state index is 12.7. The van der Waals surface area contributed by atoms with Gasteiger partial charge in [0.15, 0.2) is 0 Å². The average Bonchev–Trinajstić information content (AvgIpc) is 3.04. The van der Waals surface area contributed by atoms with Crippen LogP contribution in [0.2, 0.25) is 5.02 Å². The molecule has 0 spiro atoms. The van der Waals surface area contributed by atoms with Crippen LogP contribution in [0.4, 0.5) is 4.79 Å². The Hall–Kier alpha value is -3.45. The third-order valence-corrected chi connectivity index (χ3v) is 5.75. The van der Waals surface area contributed by atoms with Crippen LogP contribution in [0, 0.1) is 0 Å². The third kappa shape index (κ3) is 5.31. The number of carbonyl (C=O) groups excluding carboxylic acids is 1. The predicted octanol–water partition coefficient (Wildman–Crippen LogP) is 4.64. The summed E-state index contributed by atoms with van der Waals surface area (Å²) in [7, 11) is 6.01. The van der Waals surface area contributed by atoms with Gasteiger partial charge in [0.2, 0.25) is 0 Å². The number of nitrogens with zero attached hydrogens (tertiary/aromatic N) is 1. The van der Waals surface area contributed by atoms with E-state index < -0.39 is 18.2 Å². The fourth-order valence-electron chi connectivity index (χ4n) is 3.84. The molecule has 0 aliphatic carbocycles. The van der Waals surface area contributed by atoms with Gasteiger partial charge in [0.1, 0.15) is 25.4 Å². The van der Waals surface area contributed by atoms with E-state index in [1.165, 1.54) is 0 Å². The Labute approximate surface area is 198 Å². The zero-order chi connectivity index (χ0) is 23.5. The van der Waals surface area contributed by atoms with E-state index in [1.54, 1.807) is 59.5 Å². The predicted molar refractivity (Wildman–Crippen MR) is 125 cm³/mol. The highest BCUT2D eigenvalue weighted by molar-refractivity contribution is 6.32. The van der Waals surface area contributed by atoms with Crippen LogP contribution in [-0.2, 0) is 22.5 Å². The van der Waals surface area contributed by atoms with Gasteiger partial charge in [0, 0.05) is 10.6 Å². The highest BCUT2D eigenvalue weighted by Gasteiger charge is 2.39. The normalized spacial score (nSPS) is 17.6. The van der Waals surface area contributed by atoms with Crippen LogP contribution in [0.1, 0.15) is 29.7 Å². The minimum Gasteiger partial charge on any atom is -0.481 e. The summed E-state index contributed by atoms with van der Waals surface area (Å²) in [6.07, 6.45) is -0.957. The molecule has 1 N–H and O–H groups in total. The summed E-state index contributed by atoms with van der Waals surface area (Å²) in [5, 5.41) is 9.65. The van der Waals surface area contributed by atoms with E-state index in [4.69, 9.17) is 34.0 Å². The first-order valence-corrected chi connectivity index (χ1v) is 10.8. The number of cyclic esters (lactones) is 1. The van der Waals surface area contributed by atoms with Gasteiger partial charge in [-0.25, -0.2) is 4.79 Å². The molecule has 166 valence electrons. The second-order valence-corrected chi connectivity index (χ2v) is 8.35. The number of benzene rings is 3. The smallest absolute Gasteiger partial charge is 0.411 e.